The largest absolute Gasteiger partial charge is 0.293 e. The summed E-state index contributed by atoms with van der Waals surface area (Å²) >= 11 is 0. The van der Waals surface area contributed by atoms with Gasteiger partial charge in [0.2, 0.25) is 0 Å². The minimum absolute atomic E-state index is 0.864. The highest BCUT2D eigenvalue weighted by Gasteiger charge is 2.13. The van der Waals surface area contributed by atoms with E-state index in [0.29, 0.717) is 0 Å². The van der Waals surface area contributed by atoms with Crippen molar-refractivity contribution in [2.24, 2.45) is 10.2 Å². The van der Waals surface area contributed by atoms with E-state index < -0.39 is 0 Å². The van der Waals surface area contributed by atoms with Gasteiger partial charge in [-0.25, -0.2) is 0 Å². The summed E-state index contributed by atoms with van der Waals surface area (Å²) in [5.41, 5.74) is 7.13. The van der Waals surface area contributed by atoms with Crippen LogP contribution in [0.1, 0.15) is 11.1 Å². The third kappa shape index (κ3) is 5.59. The van der Waals surface area contributed by atoms with Crippen molar-refractivity contribution in [2.45, 2.75) is 0 Å². The van der Waals surface area contributed by atoms with Crippen LogP contribution in [-0.4, -0.2) is 48.6 Å². The van der Waals surface area contributed by atoms with Crippen LogP contribution in [0.25, 0.3) is 22.3 Å². The Morgan fingerprint density at radius 3 is 1.09 bits per heavy atom. The van der Waals surface area contributed by atoms with Crippen LogP contribution in [0.4, 0.5) is 0 Å². The minimum Gasteiger partial charge on any atom is -0.293 e. The van der Waals surface area contributed by atoms with Crippen LogP contribution in [0.5, 0.6) is 0 Å². The van der Waals surface area contributed by atoms with Gasteiger partial charge in [-0.15, -0.1) is 0 Å². The number of rotatable bonds is 6. The van der Waals surface area contributed by atoms with Gasteiger partial charge in [-0.05, 0) is 33.4 Å². The minimum atomic E-state index is 0.864. The predicted octanol–water partition coefficient (Wildman–Crippen LogP) is 6.01. The maximum Gasteiger partial charge on any atom is 0.0553 e. The Bertz CT molecular complexity index is 1120. The molecule has 0 amide bonds. The Labute approximate surface area is 201 Å². The molecule has 4 aromatic carbocycles. The fourth-order valence-corrected chi connectivity index (χ4v) is 4.00. The van der Waals surface area contributed by atoms with Gasteiger partial charge in [-0.1, -0.05) is 109 Å². The van der Waals surface area contributed by atoms with Gasteiger partial charge in [-0.3, -0.25) is 10.0 Å². The molecule has 1 fully saturated rings. The van der Waals surface area contributed by atoms with Gasteiger partial charge < -0.3 is 0 Å². The zero-order valence-electron chi connectivity index (χ0n) is 19.2. The van der Waals surface area contributed by atoms with Crippen molar-refractivity contribution in [2.75, 3.05) is 26.2 Å². The fraction of sp³-hybridized carbons (Fsp3) is 0.133. The van der Waals surface area contributed by atoms with Gasteiger partial charge in [0.15, 0.2) is 0 Å². The van der Waals surface area contributed by atoms with E-state index in [0.717, 1.165) is 37.3 Å². The number of piperazine rings is 1. The molecule has 4 aromatic rings. The monoisotopic (exact) mass is 444 g/mol. The standard InChI is InChI=1S/C30H28N4/c1-3-7-27(8-4-1)29-15-11-25(12-16-29)23-31-33-19-21-34(22-20-33)32-24-26-13-17-30(18-14-26)28-9-5-2-6-10-28/h1-18,23-24H,19-22H2/b31-23-,32-24-. The van der Waals surface area contributed by atoms with Gasteiger partial charge in [0, 0.05) is 0 Å². The van der Waals surface area contributed by atoms with Crippen LogP contribution in [0.15, 0.2) is 119 Å². The molecular weight excluding hydrogens is 416 g/mol. The van der Waals surface area contributed by atoms with Gasteiger partial charge >= 0.3 is 0 Å². The molecule has 0 aliphatic carbocycles. The van der Waals surface area contributed by atoms with Crippen molar-refractivity contribution in [1.29, 1.82) is 0 Å². The number of hydrogen-bond donors (Lipinski definition) is 0. The van der Waals surface area contributed by atoms with E-state index in [2.05, 4.69) is 117 Å². The van der Waals surface area contributed by atoms with Crippen LogP contribution in [0.2, 0.25) is 0 Å². The summed E-state index contributed by atoms with van der Waals surface area (Å²) in [4.78, 5) is 0. The predicted molar refractivity (Wildman–Crippen MR) is 142 cm³/mol. The highest BCUT2D eigenvalue weighted by Crippen LogP contribution is 2.20. The fourth-order valence-electron chi connectivity index (χ4n) is 4.00. The first kappa shape index (κ1) is 21.7. The molecule has 0 radical (unpaired) electrons. The Morgan fingerprint density at radius 1 is 0.412 bits per heavy atom. The van der Waals surface area contributed by atoms with E-state index in [9.17, 15) is 0 Å². The molecule has 4 nitrogen and oxygen atoms in total. The van der Waals surface area contributed by atoms with Gasteiger partial charge in [0.05, 0.1) is 38.6 Å². The molecule has 5 rings (SSSR count). The van der Waals surface area contributed by atoms with Crippen LogP contribution < -0.4 is 0 Å². The van der Waals surface area contributed by atoms with E-state index >= 15 is 0 Å². The lowest BCUT2D eigenvalue weighted by Crippen LogP contribution is -2.41. The molecule has 168 valence electrons. The second-order valence-corrected chi connectivity index (χ2v) is 8.37. The molecule has 1 saturated heterocycles. The van der Waals surface area contributed by atoms with Gasteiger partial charge in [0.25, 0.3) is 0 Å². The molecule has 1 heterocycles. The average Bonchev–Trinajstić information content (AvgIpc) is 2.93. The van der Waals surface area contributed by atoms with Crippen molar-refractivity contribution >= 4 is 12.4 Å². The molecular formula is C30H28N4. The number of nitrogens with zero attached hydrogens (tertiary/aromatic N) is 4. The Balaban J connectivity index is 1.11. The smallest absolute Gasteiger partial charge is 0.0553 e. The molecule has 34 heavy (non-hydrogen) atoms. The second kappa shape index (κ2) is 10.6. The van der Waals surface area contributed by atoms with E-state index in [1.807, 2.05) is 24.6 Å². The third-order valence-corrected chi connectivity index (χ3v) is 6.01. The van der Waals surface area contributed by atoms with E-state index in [-0.39, 0.29) is 0 Å². The van der Waals surface area contributed by atoms with Crippen molar-refractivity contribution < 1.29 is 0 Å². The SMILES string of the molecule is C(=N/N1CCN(/N=C\c2ccc(-c3ccccc3)cc2)CC1)/c1ccc(-c2ccccc2)cc1. The van der Waals surface area contributed by atoms with E-state index in [4.69, 9.17) is 0 Å². The number of benzene rings is 4. The topological polar surface area (TPSA) is 31.2 Å². The molecule has 0 spiro atoms. The second-order valence-electron chi connectivity index (χ2n) is 8.37. The zero-order chi connectivity index (χ0) is 23.0. The molecule has 0 N–H and O–H groups in total. The summed E-state index contributed by atoms with van der Waals surface area (Å²) in [6.45, 7) is 3.46. The maximum absolute atomic E-state index is 4.68. The van der Waals surface area contributed by atoms with Crippen molar-refractivity contribution in [3.8, 4) is 22.3 Å². The first-order valence-corrected chi connectivity index (χ1v) is 11.7. The summed E-state index contributed by atoms with van der Waals surface area (Å²) in [5.74, 6) is 0. The van der Waals surface area contributed by atoms with Crippen LogP contribution >= 0.6 is 0 Å². The Kier molecular flexibility index (Phi) is 6.77. The highest BCUT2D eigenvalue weighted by molar-refractivity contribution is 5.81. The summed E-state index contributed by atoms with van der Waals surface area (Å²) in [7, 11) is 0. The molecule has 1 aliphatic rings. The van der Waals surface area contributed by atoms with Crippen LogP contribution in [0.3, 0.4) is 0 Å². The lowest BCUT2D eigenvalue weighted by Gasteiger charge is -2.31. The van der Waals surface area contributed by atoms with Crippen LogP contribution in [0, 0.1) is 0 Å². The Morgan fingerprint density at radius 2 is 0.735 bits per heavy atom. The Hall–Kier alpha value is -4.18. The number of hydrazone groups is 2. The van der Waals surface area contributed by atoms with Crippen molar-refractivity contribution in [1.82, 2.24) is 10.0 Å². The highest BCUT2D eigenvalue weighted by atomic mass is 15.5. The first-order chi connectivity index (χ1) is 16.8. The molecule has 1 aliphatic heterocycles. The lowest BCUT2D eigenvalue weighted by atomic mass is 10.0. The summed E-state index contributed by atoms with van der Waals surface area (Å²) in [6.07, 6.45) is 3.89. The van der Waals surface area contributed by atoms with Crippen LogP contribution in [-0.2, 0) is 0 Å². The summed E-state index contributed by atoms with van der Waals surface area (Å²) in [6, 6.07) is 37.9. The average molecular weight is 445 g/mol. The molecule has 0 aromatic heterocycles. The molecule has 4 heteroatoms. The summed E-state index contributed by atoms with van der Waals surface area (Å²) < 4.78 is 0. The lowest BCUT2D eigenvalue weighted by molar-refractivity contribution is 0.141. The molecule has 0 bridgehead atoms. The van der Waals surface area contributed by atoms with Crippen molar-refractivity contribution in [3.63, 3.8) is 0 Å². The van der Waals surface area contributed by atoms with Crippen molar-refractivity contribution in [3.05, 3.63) is 120 Å². The first-order valence-electron chi connectivity index (χ1n) is 11.7. The van der Waals surface area contributed by atoms with E-state index in [1.165, 1.54) is 22.3 Å². The quantitative estimate of drug-likeness (QED) is 0.341. The number of hydrogen-bond acceptors (Lipinski definition) is 4. The molecule has 0 unspecified atom stereocenters. The van der Waals surface area contributed by atoms with Gasteiger partial charge in [0.1, 0.15) is 0 Å². The normalized spacial score (nSPS) is 14.2. The molecule has 0 saturated carbocycles. The van der Waals surface area contributed by atoms with Gasteiger partial charge in [-0.2, -0.15) is 10.2 Å². The maximum atomic E-state index is 4.68. The zero-order valence-corrected chi connectivity index (χ0v) is 19.2. The summed E-state index contributed by atoms with van der Waals surface area (Å²) in [5, 5.41) is 13.6. The third-order valence-electron chi connectivity index (χ3n) is 6.01. The molecule has 0 atom stereocenters. The van der Waals surface area contributed by atoms with E-state index in [1.54, 1.807) is 0 Å².